The number of nitrogens with zero attached hydrogens (tertiary/aromatic N) is 4. The van der Waals surface area contributed by atoms with E-state index in [0.29, 0.717) is 43.9 Å². The number of amides is 2. The SMILES string of the molecule is CC1(C)CCC(c2ccccc2)n2cc(-c3cc(F)ccc3F)nc2[C@@H]1N(CCC(N)/C=C/F)C(=O)N1CCCC1. The first-order valence-corrected chi connectivity index (χ1v) is 14.4. The summed E-state index contributed by atoms with van der Waals surface area (Å²) in [6, 6.07) is 12.1. The van der Waals surface area contributed by atoms with Gasteiger partial charge in [0.15, 0.2) is 0 Å². The lowest BCUT2D eigenvalue weighted by molar-refractivity contribution is 0.0779. The zero-order chi connectivity index (χ0) is 29.1. The van der Waals surface area contributed by atoms with Gasteiger partial charge in [-0.25, -0.2) is 22.9 Å². The number of aromatic nitrogens is 2. The van der Waals surface area contributed by atoms with Gasteiger partial charge < -0.3 is 20.1 Å². The summed E-state index contributed by atoms with van der Waals surface area (Å²) in [6.07, 6.45) is 7.28. The Morgan fingerprint density at radius 3 is 2.61 bits per heavy atom. The van der Waals surface area contributed by atoms with Crippen molar-refractivity contribution in [2.45, 2.75) is 64.1 Å². The Hall–Kier alpha value is -3.59. The van der Waals surface area contributed by atoms with Gasteiger partial charge in [0.1, 0.15) is 17.5 Å². The highest BCUT2D eigenvalue weighted by atomic mass is 19.1. The van der Waals surface area contributed by atoms with E-state index in [1.807, 2.05) is 32.6 Å². The molecule has 6 nitrogen and oxygen atoms in total. The zero-order valence-corrected chi connectivity index (χ0v) is 23.6. The molecule has 218 valence electrons. The molecule has 3 heterocycles. The number of imidazole rings is 1. The third kappa shape index (κ3) is 6.05. The number of nitrogens with two attached hydrogens (primary N) is 1. The fourth-order valence-electron chi connectivity index (χ4n) is 6.28. The van der Waals surface area contributed by atoms with Crippen molar-refractivity contribution < 1.29 is 18.0 Å². The smallest absolute Gasteiger partial charge is 0.320 e. The van der Waals surface area contributed by atoms with Crippen LogP contribution in [0.5, 0.6) is 0 Å². The Morgan fingerprint density at radius 2 is 1.90 bits per heavy atom. The molecular formula is C32H38F3N5O. The first-order valence-electron chi connectivity index (χ1n) is 14.4. The quantitative estimate of drug-likeness (QED) is 0.336. The van der Waals surface area contributed by atoms with E-state index < -0.39 is 29.1 Å². The molecule has 0 radical (unpaired) electrons. The number of rotatable bonds is 7. The van der Waals surface area contributed by atoms with E-state index in [1.54, 1.807) is 6.20 Å². The van der Waals surface area contributed by atoms with E-state index in [1.165, 1.54) is 6.08 Å². The number of carbonyl (C=O) groups is 1. The molecule has 2 aliphatic heterocycles. The number of fused-ring (bicyclic) bond motifs is 1. The second-order valence-electron chi connectivity index (χ2n) is 11.8. The van der Waals surface area contributed by atoms with Crippen LogP contribution >= 0.6 is 0 Å². The molecule has 2 N–H and O–H groups in total. The molecule has 41 heavy (non-hydrogen) atoms. The molecule has 1 fully saturated rings. The molecule has 5 rings (SSSR count). The van der Waals surface area contributed by atoms with Gasteiger partial charge in [0.2, 0.25) is 0 Å². The maximum atomic E-state index is 15.0. The molecule has 0 spiro atoms. The zero-order valence-electron chi connectivity index (χ0n) is 23.6. The molecule has 2 aliphatic rings. The Balaban J connectivity index is 1.67. The Labute approximate surface area is 239 Å². The molecule has 1 saturated heterocycles. The molecule has 0 saturated carbocycles. The molecule has 0 bridgehead atoms. The van der Waals surface area contributed by atoms with Gasteiger partial charge in [-0.15, -0.1) is 0 Å². The van der Waals surface area contributed by atoms with Crippen LogP contribution in [0.3, 0.4) is 0 Å². The van der Waals surface area contributed by atoms with Crippen molar-refractivity contribution in [3.63, 3.8) is 0 Å². The fraction of sp³-hybridized carbons (Fsp3) is 0.438. The van der Waals surface area contributed by atoms with Crippen molar-refractivity contribution in [2.75, 3.05) is 19.6 Å². The molecular weight excluding hydrogens is 527 g/mol. The predicted molar refractivity (Wildman–Crippen MR) is 154 cm³/mol. The number of hydrogen-bond acceptors (Lipinski definition) is 3. The second-order valence-corrected chi connectivity index (χ2v) is 11.8. The standard InChI is InChI=1S/C32H38F3N5O/c1-32(2)15-12-28(22-8-4-3-5-9-22)40-21-27(25-20-23(34)10-11-26(25)35)37-30(40)29(32)39(19-14-24(36)13-16-33)31(41)38-17-6-7-18-38/h3-5,8-11,13,16,20-21,24,28-29H,6-7,12,14-15,17-19,36H2,1-2H3/b16-13+/t24?,28?,29-/m0/s1. The van der Waals surface area contributed by atoms with E-state index in [0.717, 1.165) is 49.4 Å². The van der Waals surface area contributed by atoms with Crippen LogP contribution in [-0.4, -0.2) is 51.1 Å². The third-order valence-electron chi connectivity index (χ3n) is 8.49. The second kappa shape index (κ2) is 12.1. The van der Waals surface area contributed by atoms with Gasteiger partial charge in [0, 0.05) is 37.4 Å². The van der Waals surface area contributed by atoms with Crippen molar-refractivity contribution in [3.05, 3.63) is 90.2 Å². The summed E-state index contributed by atoms with van der Waals surface area (Å²) >= 11 is 0. The number of urea groups is 1. The molecule has 3 atom stereocenters. The average molecular weight is 566 g/mol. The summed E-state index contributed by atoms with van der Waals surface area (Å²) in [4.78, 5) is 22.8. The largest absolute Gasteiger partial charge is 0.325 e. The van der Waals surface area contributed by atoms with Crippen molar-refractivity contribution in [2.24, 2.45) is 11.1 Å². The van der Waals surface area contributed by atoms with Gasteiger partial charge in [-0.2, -0.15) is 0 Å². The van der Waals surface area contributed by atoms with Crippen LogP contribution in [-0.2, 0) is 0 Å². The highest BCUT2D eigenvalue weighted by Crippen LogP contribution is 2.48. The number of likely N-dealkylation sites (tertiary alicyclic amines) is 1. The maximum Gasteiger partial charge on any atom is 0.320 e. The number of carbonyl (C=O) groups excluding carboxylic acids is 1. The highest BCUT2D eigenvalue weighted by Gasteiger charge is 2.45. The Morgan fingerprint density at radius 1 is 1.17 bits per heavy atom. The van der Waals surface area contributed by atoms with E-state index in [2.05, 4.69) is 26.0 Å². The Bertz CT molecular complexity index is 1380. The van der Waals surface area contributed by atoms with E-state index >= 15 is 4.39 Å². The van der Waals surface area contributed by atoms with E-state index in [9.17, 15) is 13.6 Å². The fourth-order valence-corrected chi connectivity index (χ4v) is 6.28. The van der Waals surface area contributed by atoms with E-state index in [-0.39, 0.29) is 17.6 Å². The first kappa shape index (κ1) is 28.9. The molecule has 3 aromatic rings. The molecule has 2 unspecified atom stereocenters. The molecule has 0 aliphatic carbocycles. The van der Waals surface area contributed by atoms with E-state index in [4.69, 9.17) is 10.7 Å². The molecule has 1 aromatic heterocycles. The van der Waals surface area contributed by atoms with Crippen molar-refractivity contribution >= 4 is 6.03 Å². The summed E-state index contributed by atoms with van der Waals surface area (Å²) in [6.45, 7) is 5.87. The minimum absolute atomic E-state index is 0.0708. The van der Waals surface area contributed by atoms with Crippen molar-refractivity contribution in [1.82, 2.24) is 19.4 Å². The normalized spacial score (nSPS) is 21.1. The third-order valence-corrected chi connectivity index (χ3v) is 8.49. The van der Waals surface area contributed by atoms with Gasteiger partial charge in [-0.1, -0.05) is 44.2 Å². The Kier molecular flexibility index (Phi) is 8.54. The number of halogens is 3. The van der Waals surface area contributed by atoms with Crippen molar-refractivity contribution in [3.8, 4) is 11.3 Å². The lowest BCUT2D eigenvalue weighted by Gasteiger charge is -2.42. The summed E-state index contributed by atoms with van der Waals surface area (Å²) in [5, 5.41) is 0. The molecule has 2 aromatic carbocycles. The number of hydrogen-bond donors (Lipinski definition) is 1. The molecule has 9 heteroatoms. The minimum Gasteiger partial charge on any atom is -0.325 e. The van der Waals surface area contributed by atoms with Crippen LogP contribution in [0, 0.1) is 17.0 Å². The van der Waals surface area contributed by atoms with Crippen LogP contribution in [0.1, 0.15) is 69.4 Å². The van der Waals surface area contributed by atoms with Crippen LogP contribution in [0.2, 0.25) is 0 Å². The van der Waals surface area contributed by atoms with Crippen LogP contribution in [0.25, 0.3) is 11.3 Å². The highest BCUT2D eigenvalue weighted by molar-refractivity contribution is 5.75. The van der Waals surface area contributed by atoms with Gasteiger partial charge in [-0.3, -0.25) is 0 Å². The van der Waals surface area contributed by atoms with Crippen molar-refractivity contribution in [1.29, 1.82) is 0 Å². The summed E-state index contributed by atoms with van der Waals surface area (Å²) in [5.41, 5.74) is 7.16. The summed E-state index contributed by atoms with van der Waals surface area (Å²) in [5.74, 6) is -0.510. The van der Waals surface area contributed by atoms with Crippen LogP contribution < -0.4 is 5.73 Å². The lowest BCUT2D eigenvalue weighted by Crippen LogP contribution is -2.49. The minimum atomic E-state index is -0.569. The summed E-state index contributed by atoms with van der Waals surface area (Å²) < 4.78 is 44.2. The van der Waals surface area contributed by atoms with Gasteiger partial charge in [0.05, 0.1) is 24.1 Å². The average Bonchev–Trinajstić information content (AvgIpc) is 3.62. The van der Waals surface area contributed by atoms with Crippen LogP contribution in [0.15, 0.2) is 67.1 Å². The lowest BCUT2D eigenvalue weighted by atomic mass is 9.78. The van der Waals surface area contributed by atoms with Gasteiger partial charge in [-0.05, 0) is 67.4 Å². The van der Waals surface area contributed by atoms with Gasteiger partial charge in [0.25, 0.3) is 0 Å². The predicted octanol–water partition coefficient (Wildman–Crippen LogP) is 7.00. The first-order chi connectivity index (χ1) is 19.7. The number of benzene rings is 2. The topological polar surface area (TPSA) is 67.4 Å². The van der Waals surface area contributed by atoms with Gasteiger partial charge >= 0.3 is 6.03 Å². The summed E-state index contributed by atoms with van der Waals surface area (Å²) in [7, 11) is 0. The maximum absolute atomic E-state index is 15.0. The van der Waals surface area contributed by atoms with Crippen LogP contribution in [0.4, 0.5) is 18.0 Å². The molecule has 2 amide bonds. The monoisotopic (exact) mass is 565 g/mol.